The molecule has 0 aliphatic heterocycles. The van der Waals surface area contributed by atoms with E-state index in [0.717, 1.165) is 19.3 Å². The zero-order valence-corrected chi connectivity index (χ0v) is 17.9. The Morgan fingerprint density at radius 3 is 1.43 bits per heavy atom. The Bertz CT molecular complexity index is 610. The predicted molar refractivity (Wildman–Crippen MR) is 98.7 cm³/mol. The van der Waals surface area contributed by atoms with E-state index in [9.17, 15) is 0 Å². The van der Waals surface area contributed by atoms with E-state index in [1.54, 1.807) is 16.7 Å². The van der Waals surface area contributed by atoms with E-state index in [2.05, 4.69) is 67.5 Å². The molecule has 1 aliphatic carbocycles. The average molecular weight is 398 g/mol. The predicted octanol–water partition coefficient (Wildman–Crippen LogP) is 6.32. The van der Waals surface area contributed by atoms with E-state index in [-0.39, 0.29) is 24.9 Å². The first-order chi connectivity index (χ1) is 10.3. The standard InChI is InChI=1S/C22H32.Ru/c1-9-18-12-19(10-2)21(20(11-3)13-18)22(8)16(6)14(4)15(5)17(22)7;/h12-13H,9-11H2,1-8H3;. The summed E-state index contributed by atoms with van der Waals surface area (Å²) in [5.74, 6) is 0. The van der Waals surface area contributed by atoms with Crippen LogP contribution in [0.5, 0.6) is 0 Å². The smallest absolute Gasteiger partial charge is 0.0353 e. The molecule has 128 valence electrons. The number of hydrogen-bond acceptors (Lipinski definition) is 0. The van der Waals surface area contributed by atoms with Crippen LogP contribution in [-0.4, -0.2) is 0 Å². The minimum absolute atomic E-state index is 0. The average Bonchev–Trinajstić information content (AvgIpc) is 2.69. The molecule has 0 nitrogen and oxygen atoms in total. The molecule has 0 aromatic heterocycles. The molecule has 0 N–H and O–H groups in total. The van der Waals surface area contributed by atoms with Gasteiger partial charge in [0.05, 0.1) is 0 Å². The molecule has 0 unspecified atom stereocenters. The summed E-state index contributed by atoms with van der Waals surface area (Å²) in [5, 5.41) is 0. The molecule has 0 spiro atoms. The molecule has 1 heteroatoms. The van der Waals surface area contributed by atoms with E-state index < -0.39 is 0 Å². The summed E-state index contributed by atoms with van der Waals surface area (Å²) in [5.41, 5.74) is 12.3. The van der Waals surface area contributed by atoms with Gasteiger partial charge in [-0.3, -0.25) is 0 Å². The molecular weight excluding hydrogens is 365 g/mol. The van der Waals surface area contributed by atoms with Crippen LogP contribution in [0.25, 0.3) is 0 Å². The van der Waals surface area contributed by atoms with Crippen molar-refractivity contribution in [3.05, 3.63) is 56.7 Å². The molecule has 23 heavy (non-hydrogen) atoms. The van der Waals surface area contributed by atoms with Crippen molar-refractivity contribution in [3.63, 3.8) is 0 Å². The third kappa shape index (κ3) is 3.02. The van der Waals surface area contributed by atoms with E-state index in [4.69, 9.17) is 0 Å². The Morgan fingerprint density at radius 2 is 1.13 bits per heavy atom. The normalized spacial score (nSPS) is 16.9. The van der Waals surface area contributed by atoms with Crippen molar-refractivity contribution in [2.75, 3.05) is 0 Å². The molecule has 0 atom stereocenters. The molecular formula is C22H32Ru. The van der Waals surface area contributed by atoms with Gasteiger partial charge < -0.3 is 0 Å². The van der Waals surface area contributed by atoms with Gasteiger partial charge in [-0.05, 0) is 87.3 Å². The van der Waals surface area contributed by atoms with Crippen LogP contribution < -0.4 is 0 Å². The van der Waals surface area contributed by atoms with Crippen LogP contribution in [0.4, 0.5) is 0 Å². The zero-order valence-electron chi connectivity index (χ0n) is 16.1. The minimum atomic E-state index is 0. The molecule has 1 aromatic carbocycles. The topological polar surface area (TPSA) is 0 Å². The fourth-order valence-corrected chi connectivity index (χ4v) is 4.21. The summed E-state index contributed by atoms with van der Waals surface area (Å²) in [7, 11) is 0. The molecule has 2 rings (SSSR count). The van der Waals surface area contributed by atoms with Crippen LogP contribution in [-0.2, 0) is 44.2 Å². The quantitative estimate of drug-likeness (QED) is 0.522. The molecule has 0 heterocycles. The fourth-order valence-electron chi connectivity index (χ4n) is 4.21. The van der Waals surface area contributed by atoms with E-state index in [1.807, 2.05) is 0 Å². The monoisotopic (exact) mass is 398 g/mol. The summed E-state index contributed by atoms with van der Waals surface area (Å²) in [6, 6.07) is 4.90. The van der Waals surface area contributed by atoms with Gasteiger partial charge in [-0.2, -0.15) is 0 Å². The van der Waals surface area contributed by atoms with Crippen molar-refractivity contribution in [1.29, 1.82) is 0 Å². The molecule has 0 radical (unpaired) electrons. The number of hydrogen-bond donors (Lipinski definition) is 0. The minimum Gasteiger partial charge on any atom is -0.0613 e. The van der Waals surface area contributed by atoms with Crippen LogP contribution in [0, 0.1) is 0 Å². The summed E-state index contributed by atoms with van der Waals surface area (Å²) < 4.78 is 0. The maximum atomic E-state index is 2.45. The van der Waals surface area contributed by atoms with Gasteiger partial charge in [0.2, 0.25) is 0 Å². The molecule has 0 saturated heterocycles. The van der Waals surface area contributed by atoms with Crippen molar-refractivity contribution in [2.45, 2.75) is 80.1 Å². The Balaban J connectivity index is 0.00000264. The van der Waals surface area contributed by atoms with Gasteiger partial charge >= 0.3 is 0 Å². The van der Waals surface area contributed by atoms with Gasteiger partial charge in [0, 0.05) is 24.9 Å². The molecule has 0 fully saturated rings. The number of allylic oxidation sites excluding steroid dienone is 4. The zero-order chi connectivity index (χ0) is 16.7. The largest absolute Gasteiger partial charge is 0.0613 e. The van der Waals surface area contributed by atoms with E-state index in [0.29, 0.717) is 0 Å². The Kier molecular flexibility index (Phi) is 6.62. The van der Waals surface area contributed by atoms with Crippen molar-refractivity contribution < 1.29 is 19.5 Å². The van der Waals surface area contributed by atoms with Crippen LogP contribution in [0.2, 0.25) is 0 Å². The van der Waals surface area contributed by atoms with Crippen LogP contribution in [0.15, 0.2) is 34.4 Å². The number of rotatable bonds is 4. The maximum Gasteiger partial charge on any atom is 0.0353 e. The Labute approximate surface area is 156 Å². The van der Waals surface area contributed by atoms with Crippen molar-refractivity contribution >= 4 is 0 Å². The van der Waals surface area contributed by atoms with Gasteiger partial charge in [0.15, 0.2) is 0 Å². The number of benzene rings is 1. The summed E-state index contributed by atoms with van der Waals surface area (Å²) in [4.78, 5) is 0. The second-order valence-corrected chi connectivity index (χ2v) is 6.97. The van der Waals surface area contributed by atoms with Crippen molar-refractivity contribution in [1.82, 2.24) is 0 Å². The Morgan fingerprint density at radius 1 is 0.739 bits per heavy atom. The summed E-state index contributed by atoms with van der Waals surface area (Å²) in [6.07, 6.45) is 3.35. The van der Waals surface area contributed by atoms with Gasteiger partial charge in [0.25, 0.3) is 0 Å². The molecule has 1 aliphatic rings. The third-order valence-corrected chi connectivity index (χ3v) is 6.22. The first-order valence-electron chi connectivity index (χ1n) is 8.84. The Hall–Kier alpha value is -0.677. The van der Waals surface area contributed by atoms with E-state index in [1.165, 1.54) is 27.9 Å². The van der Waals surface area contributed by atoms with E-state index >= 15 is 0 Å². The summed E-state index contributed by atoms with van der Waals surface area (Å²) >= 11 is 0. The van der Waals surface area contributed by atoms with Crippen LogP contribution >= 0.6 is 0 Å². The third-order valence-electron chi connectivity index (χ3n) is 6.22. The summed E-state index contributed by atoms with van der Waals surface area (Å²) in [6.45, 7) is 18.5. The first-order valence-corrected chi connectivity index (χ1v) is 8.84. The van der Waals surface area contributed by atoms with Gasteiger partial charge in [-0.25, -0.2) is 0 Å². The molecule has 1 aromatic rings. The van der Waals surface area contributed by atoms with Crippen LogP contribution in [0.3, 0.4) is 0 Å². The second kappa shape index (κ2) is 7.48. The van der Waals surface area contributed by atoms with Crippen LogP contribution in [0.1, 0.15) is 77.6 Å². The van der Waals surface area contributed by atoms with Crippen molar-refractivity contribution in [2.24, 2.45) is 0 Å². The maximum absolute atomic E-state index is 2.45. The fraction of sp³-hybridized carbons (Fsp3) is 0.545. The molecule has 0 saturated carbocycles. The SMILES string of the molecule is CCc1cc(CC)c(C2(C)C(C)=C(C)C(C)=C2C)c(CC)c1.[Ru]. The van der Waals surface area contributed by atoms with Crippen molar-refractivity contribution in [3.8, 4) is 0 Å². The first kappa shape index (κ1) is 20.4. The van der Waals surface area contributed by atoms with Gasteiger partial charge in [0.1, 0.15) is 0 Å². The molecule has 0 amide bonds. The van der Waals surface area contributed by atoms with Gasteiger partial charge in [-0.1, -0.05) is 44.1 Å². The number of aryl methyl sites for hydroxylation is 3. The van der Waals surface area contributed by atoms with Gasteiger partial charge in [-0.15, -0.1) is 0 Å². The second-order valence-electron chi connectivity index (χ2n) is 6.97. The molecule has 0 bridgehead atoms.